The lowest BCUT2D eigenvalue weighted by Crippen LogP contribution is -2.46. The van der Waals surface area contributed by atoms with Crippen LogP contribution in [0.3, 0.4) is 0 Å². The summed E-state index contributed by atoms with van der Waals surface area (Å²) in [5.74, 6) is -0.306. The number of aryl methyl sites for hydroxylation is 1. The first-order chi connectivity index (χ1) is 13.3. The second-order valence-corrected chi connectivity index (χ2v) is 7.39. The molecule has 7 heteroatoms. The van der Waals surface area contributed by atoms with E-state index in [-0.39, 0.29) is 24.4 Å². The number of hydrogen-bond acceptors (Lipinski definition) is 3. The maximum atomic E-state index is 13.0. The molecule has 152 valence electrons. The predicted octanol–water partition coefficient (Wildman–Crippen LogP) is 3.20. The van der Waals surface area contributed by atoms with E-state index in [0.717, 1.165) is 5.69 Å². The van der Waals surface area contributed by atoms with Crippen molar-refractivity contribution in [2.75, 3.05) is 26.8 Å². The monoisotopic (exact) mass is 405 g/mol. The summed E-state index contributed by atoms with van der Waals surface area (Å²) in [6.07, 6.45) is 1.94. The Balaban J connectivity index is 2.15. The molecule has 0 atom stereocenters. The molecule has 0 radical (unpaired) electrons. The number of methoxy groups -OCH3 is 1. The Bertz CT molecular complexity index is 786. The van der Waals surface area contributed by atoms with Gasteiger partial charge in [-0.3, -0.25) is 9.59 Å². The number of rotatable bonds is 9. The van der Waals surface area contributed by atoms with Crippen molar-refractivity contribution in [1.82, 2.24) is 14.4 Å². The van der Waals surface area contributed by atoms with Gasteiger partial charge in [-0.05, 0) is 50.2 Å². The van der Waals surface area contributed by atoms with Crippen molar-refractivity contribution in [2.45, 2.75) is 26.4 Å². The summed E-state index contributed by atoms with van der Waals surface area (Å²) in [5.41, 5.74) is 1.53. The van der Waals surface area contributed by atoms with Crippen LogP contribution in [0.15, 0.2) is 42.6 Å². The van der Waals surface area contributed by atoms with Crippen molar-refractivity contribution in [3.8, 4) is 0 Å². The number of benzene rings is 1. The maximum Gasteiger partial charge on any atom is 0.254 e. The van der Waals surface area contributed by atoms with Crippen LogP contribution in [0, 0.1) is 0 Å². The molecule has 0 saturated heterocycles. The van der Waals surface area contributed by atoms with Gasteiger partial charge in [-0.15, -0.1) is 0 Å². The molecule has 0 aliphatic heterocycles. The van der Waals surface area contributed by atoms with Crippen LogP contribution >= 0.6 is 11.6 Å². The minimum absolute atomic E-state index is 0.00721. The summed E-state index contributed by atoms with van der Waals surface area (Å²) in [6.45, 7) is 5.17. The third-order valence-electron chi connectivity index (χ3n) is 4.60. The molecule has 0 bridgehead atoms. The van der Waals surface area contributed by atoms with Gasteiger partial charge in [0.1, 0.15) is 6.54 Å². The molecule has 2 aromatic rings. The number of aromatic nitrogens is 1. The quantitative estimate of drug-likeness (QED) is 0.643. The average Bonchev–Trinajstić information content (AvgIpc) is 3.07. The highest BCUT2D eigenvalue weighted by atomic mass is 35.5. The fourth-order valence-corrected chi connectivity index (χ4v) is 2.97. The van der Waals surface area contributed by atoms with Crippen LogP contribution in [-0.2, 0) is 23.1 Å². The lowest BCUT2D eigenvalue weighted by molar-refractivity contribution is -0.133. The largest absolute Gasteiger partial charge is 0.383 e. The number of halogens is 1. The number of hydrogen-bond donors (Lipinski definition) is 0. The number of carbonyl (C=O) groups excluding carboxylic acids is 2. The van der Waals surface area contributed by atoms with Crippen LogP contribution in [0.1, 0.15) is 29.9 Å². The fourth-order valence-electron chi connectivity index (χ4n) is 2.84. The number of ether oxygens (including phenoxy) is 1. The molecule has 0 fully saturated rings. The van der Waals surface area contributed by atoms with Gasteiger partial charge in [-0.2, -0.15) is 0 Å². The van der Waals surface area contributed by atoms with Crippen molar-refractivity contribution < 1.29 is 14.3 Å². The van der Waals surface area contributed by atoms with E-state index in [1.54, 1.807) is 41.2 Å². The number of amides is 2. The molecule has 0 saturated carbocycles. The molecule has 0 aliphatic rings. The topological polar surface area (TPSA) is 54.8 Å². The van der Waals surface area contributed by atoms with E-state index in [1.165, 1.54) is 0 Å². The Morgan fingerprint density at radius 1 is 1.18 bits per heavy atom. The molecular weight excluding hydrogens is 378 g/mol. The molecule has 28 heavy (non-hydrogen) atoms. The van der Waals surface area contributed by atoms with Gasteiger partial charge in [0.05, 0.1) is 13.2 Å². The van der Waals surface area contributed by atoms with E-state index in [1.807, 2.05) is 43.8 Å². The third kappa shape index (κ3) is 5.84. The van der Waals surface area contributed by atoms with Gasteiger partial charge in [-0.1, -0.05) is 11.6 Å². The number of carbonyl (C=O) groups is 2. The summed E-state index contributed by atoms with van der Waals surface area (Å²) in [5, 5.41) is 0.567. The summed E-state index contributed by atoms with van der Waals surface area (Å²) >= 11 is 5.91. The van der Waals surface area contributed by atoms with E-state index in [9.17, 15) is 9.59 Å². The summed E-state index contributed by atoms with van der Waals surface area (Å²) < 4.78 is 7.14. The smallest absolute Gasteiger partial charge is 0.254 e. The van der Waals surface area contributed by atoms with Crippen LogP contribution in [0.2, 0.25) is 5.02 Å². The Labute approximate surface area is 171 Å². The van der Waals surface area contributed by atoms with Crippen molar-refractivity contribution in [3.05, 3.63) is 58.9 Å². The zero-order valence-corrected chi connectivity index (χ0v) is 17.6. The van der Waals surface area contributed by atoms with Crippen molar-refractivity contribution >= 4 is 23.4 Å². The zero-order valence-electron chi connectivity index (χ0n) is 16.9. The molecule has 2 amide bonds. The predicted molar refractivity (Wildman–Crippen MR) is 110 cm³/mol. The van der Waals surface area contributed by atoms with E-state index >= 15 is 0 Å². The Kier molecular flexibility index (Phi) is 8.08. The molecule has 0 spiro atoms. The zero-order chi connectivity index (χ0) is 20.7. The summed E-state index contributed by atoms with van der Waals surface area (Å²) in [7, 11) is 3.55. The van der Waals surface area contributed by atoms with Crippen LogP contribution in [0.4, 0.5) is 0 Å². The van der Waals surface area contributed by atoms with E-state index in [4.69, 9.17) is 16.3 Å². The van der Waals surface area contributed by atoms with Crippen LogP contribution in [-0.4, -0.2) is 59.0 Å². The second-order valence-electron chi connectivity index (χ2n) is 6.95. The second kappa shape index (κ2) is 10.3. The first kappa shape index (κ1) is 22.0. The van der Waals surface area contributed by atoms with Gasteiger partial charge in [0, 0.05) is 49.2 Å². The van der Waals surface area contributed by atoms with Crippen LogP contribution in [0.5, 0.6) is 0 Å². The van der Waals surface area contributed by atoms with Crippen molar-refractivity contribution in [3.63, 3.8) is 0 Å². The maximum absolute atomic E-state index is 13.0. The molecule has 0 aliphatic carbocycles. The third-order valence-corrected chi connectivity index (χ3v) is 4.86. The lowest BCUT2D eigenvalue weighted by atomic mass is 10.1. The minimum Gasteiger partial charge on any atom is -0.383 e. The molecule has 1 heterocycles. The average molecular weight is 406 g/mol. The van der Waals surface area contributed by atoms with Crippen molar-refractivity contribution in [1.29, 1.82) is 0 Å². The summed E-state index contributed by atoms with van der Waals surface area (Å²) in [4.78, 5) is 29.3. The molecule has 0 unspecified atom stereocenters. The lowest BCUT2D eigenvalue weighted by Gasteiger charge is -2.30. The highest BCUT2D eigenvalue weighted by Gasteiger charge is 2.24. The van der Waals surface area contributed by atoms with Gasteiger partial charge >= 0.3 is 0 Å². The van der Waals surface area contributed by atoms with Gasteiger partial charge in [-0.25, -0.2) is 0 Å². The SMILES string of the molecule is COCCN(Cc1cccn1C)C(=O)CN(C(=O)c1ccc(Cl)cc1)C(C)C. The van der Waals surface area contributed by atoms with Gasteiger partial charge in [0.2, 0.25) is 5.91 Å². The molecular formula is C21H28ClN3O3. The number of nitrogens with zero attached hydrogens (tertiary/aromatic N) is 3. The first-order valence-electron chi connectivity index (χ1n) is 9.27. The van der Waals surface area contributed by atoms with E-state index < -0.39 is 0 Å². The van der Waals surface area contributed by atoms with Crippen LogP contribution in [0.25, 0.3) is 0 Å². The summed E-state index contributed by atoms with van der Waals surface area (Å²) in [6, 6.07) is 10.5. The highest BCUT2D eigenvalue weighted by Crippen LogP contribution is 2.14. The van der Waals surface area contributed by atoms with E-state index in [2.05, 4.69) is 0 Å². The fraction of sp³-hybridized carbons (Fsp3) is 0.429. The van der Waals surface area contributed by atoms with Crippen LogP contribution < -0.4 is 0 Å². The molecule has 1 aromatic carbocycles. The van der Waals surface area contributed by atoms with Gasteiger partial charge in [0.15, 0.2) is 0 Å². The standard InChI is InChI=1S/C21H28ClN3O3/c1-16(2)25(21(27)17-7-9-18(22)10-8-17)15-20(26)24(12-13-28-4)14-19-6-5-11-23(19)3/h5-11,16H,12-15H2,1-4H3. The Morgan fingerprint density at radius 2 is 1.86 bits per heavy atom. The molecule has 1 aromatic heterocycles. The molecule has 0 N–H and O–H groups in total. The normalized spacial score (nSPS) is 10.9. The molecule has 6 nitrogen and oxygen atoms in total. The van der Waals surface area contributed by atoms with E-state index in [0.29, 0.717) is 30.3 Å². The first-order valence-corrected chi connectivity index (χ1v) is 9.64. The molecule has 2 rings (SSSR count). The Morgan fingerprint density at radius 3 is 2.39 bits per heavy atom. The van der Waals surface area contributed by atoms with Gasteiger partial charge in [0.25, 0.3) is 5.91 Å². The van der Waals surface area contributed by atoms with Gasteiger partial charge < -0.3 is 19.1 Å². The Hall–Kier alpha value is -2.31. The minimum atomic E-state index is -0.189. The van der Waals surface area contributed by atoms with Crippen molar-refractivity contribution in [2.24, 2.45) is 7.05 Å². The highest BCUT2D eigenvalue weighted by molar-refractivity contribution is 6.30.